The van der Waals surface area contributed by atoms with Crippen LogP contribution >= 0.6 is 11.3 Å². The van der Waals surface area contributed by atoms with Gasteiger partial charge in [0.2, 0.25) is 5.91 Å². The van der Waals surface area contributed by atoms with Crippen LogP contribution in [-0.4, -0.2) is 30.2 Å². The summed E-state index contributed by atoms with van der Waals surface area (Å²) in [7, 11) is 1.33. The van der Waals surface area contributed by atoms with Crippen molar-refractivity contribution in [1.82, 2.24) is 4.57 Å². The molecule has 1 aromatic carbocycles. The number of nitrogens with zero attached hydrogens (tertiary/aromatic N) is 2. The van der Waals surface area contributed by atoms with Crippen molar-refractivity contribution in [3.63, 3.8) is 0 Å². The van der Waals surface area contributed by atoms with E-state index in [9.17, 15) is 9.59 Å². The average molecular weight is 336 g/mol. The summed E-state index contributed by atoms with van der Waals surface area (Å²) < 4.78 is 13.0. The van der Waals surface area contributed by atoms with Crippen molar-refractivity contribution in [3.05, 3.63) is 23.0 Å². The van der Waals surface area contributed by atoms with Crippen LogP contribution in [0.3, 0.4) is 0 Å². The monoisotopic (exact) mass is 336 g/mol. The van der Waals surface area contributed by atoms with Crippen molar-refractivity contribution < 1.29 is 19.1 Å². The van der Waals surface area contributed by atoms with Gasteiger partial charge in [0, 0.05) is 6.42 Å². The summed E-state index contributed by atoms with van der Waals surface area (Å²) >= 11 is 1.36. The lowest BCUT2D eigenvalue weighted by Crippen LogP contribution is -2.22. The molecule has 0 atom stereocenters. The molecule has 0 bridgehead atoms. The van der Waals surface area contributed by atoms with Crippen LogP contribution in [0.15, 0.2) is 23.2 Å². The smallest absolute Gasteiger partial charge is 0.325 e. The van der Waals surface area contributed by atoms with Gasteiger partial charge in [0.1, 0.15) is 17.8 Å². The predicted molar refractivity (Wildman–Crippen MR) is 88.5 cm³/mol. The Bertz CT molecular complexity index is 776. The topological polar surface area (TPSA) is 69.9 Å². The molecule has 0 spiro atoms. The zero-order valence-corrected chi connectivity index (χ0v) is 14.3. The molecule has 2 aromatic rings. The molecule has 0 fully saturated rings. The van der Waals surface area contributed by atoms with Crippen molar-refractivity contribution >= 4 is 33.4 Å². The fourth-order valence-electron chi connectivity index (χ4n) is 2.17. The van der Waals surface area contributed by atoms with Gasteiger partial charge < -0.3 is 14.0 Å². The first-order valence-corrected chi connectivity index (χ1v) is 8.31. The third-order valence-electron chi connectivity index (χ3n) is 3.16. The molecule has 6 nitrogen and oxygen atoms in total. The molecule has 0 aliphatic heterocycles. The Morgan fingerprint density at radius 1 is 1.30 bits per heavy atom. The summed E-state index contributed by atoms with van der Waals surface area (Å²) in [6.45, 7) is 4.31. The van der Waals surface area contributed by atoms with E-state index in [0.29, 0.717) is 23.6 Å². The van der Waals surface area contributed by atoms with Gasteiger partial charge in [0.15, 0.2) is 4.80 Å². The molecule has 0 aliphatic rings. The highest BCUT2D eigenvalue weighted by molar-refractivity contribution is 7.16. The number of rotatable bonds is 6. The van der Waals surface area contributed by atoms with Crippen molar-refractivity contribution in [1.29, 1.82) is 0 Å². The largest absolute Gasteiger partial charge is 0.492 e. The van der Waals surface area contributed by atoms with E-state index in [-0.39, 0.29) is 12.5 Å². The van der Waals surface area contributed by atoms with Crippen molar-refractivity contribution in [2.75, 3.05) is 13.7 Å². The number of aromatic nitrogens is 1. The second-order valence-electron chi connectivity index (χ2n) is 4.84. The molecule has 0 unspecified atom stereocenters. The van der Waals surface area contributed by atoms with Crippen LogP contribution in [0.5, 0.6) is 5.75 Å². The quantitative estimate of drug-likeness (QED) is 0.760. The molecule has 0 radical (unpaired) electrons. The van der Waals surface area contributed by atoms with Crippen LogP contribution in [0.1, 0.15) is 26.7 Å². The highest BCUT2D eigenvalue weighted by atomic mass is 32.1. The van der Waals surface area contributed by atoms with Crippen molar-refractivity contribution in [2.45, 2.75) is 33.2 Å². The number of hydrogen-bond donors (Lipinski definition) is 0. The third kappa shape index (κ3) is 3.98. The summed E-state index contributed by atoms with van der Waals surface area (Å²) in [4.78, 5) is 28.3. The van der Waals surface area contributed by atoms with Crippen LogP contribution < -0.4 is 9.54 Å². The number of para-hydroxylation sites is 1. The van der Waals surface area contributed by atoms with Crippen LogP contribution in [0.25, 0.3) is 10.2 Å². The number of benzene rings is 1. The van der Waals surface area contributed by atoms with E-state index in [1.165, 1.54) is 18.4 Å². The van der Waals surface area contributed by atoms with Gasteiger partial charge >= 0.3 is 5.97 Å². The van der Waals surface area contributed by atoms with Gasteiger partial charge in [-0.1, -0.05) is 24.3 Å². The number of carbonyl (C=O) groups excluding carboxylic acids is 2. The number of carbonyl (C=O) groups is 2. The van der Waals surface area contributed by atoms with Gasteiger partial charge in [-0.15, -0.1) is 0 Å². The molecule has 0 aliphatic carbocycles. The fraction of sp³-hybridized carbons (Fsp3) is 0.438. The maximum atomic E-state index is 11.9. The van der Waals surface area contributed by atoms with Gasteiger partial charge in [0.25, 0.3) is 0 Å². The molecule has 0 saturated carbocycles. The van der Waals surface area contributed by atoms with E-state index in [1.54, 1.807) is 4.57 Å². The van der Waals surface area contributed by atoms with Gasteiger partial charge in [-0.3, -0.25) is 9.59 Å². The van der Waals surface area contributed by atoms with E-state index < -0.39 is 5.97 Å². The van der Waals surface area contributed by atoms with Crippen LogP contribution in [0.4, 0.5) is 0 Å². The second kappa shape index (κ2) is 7.92. The van der Waals surface area contributed by atoms with Crippen LogP contribution in [-0.2, 0) is 20.9 Å². The molecule has 1 amide bonds. The first-order valence-electron chi connectivity index (χ1n) is 7.50. The molecule has 7 heteroatoms. The number of esters is 1. The van der Waals surface area contributed by atoms with E-state index in [4.69, 9.17) is 9.47 Å². The highest BCUT2D eigenvalue weighted by Gasteiger charge is 2.15. The number of methoxy groups -OCH3 is 1. The Balaban J connectivity index is 2.66. The molecule has 2 rings (SSSR count). The lowest BCUT2D eigenvalue weighted by molar-refractivity contribution is -0.141. The zero-order valence-electron chi connectivity index (χ0n) is 13.5. The average Bonchev–Trinajstić information content (AvgIpc) is 2.86. The van der Waals surface area contributed by atoms with Gasteiger partial charge in [0.05, 0.1) is 18.4 Å². The molecule has 0 N–H and O–H groups in total. The minimum Gasteiger partial charge on any atom is -0.492 e. The van der Waals surface area contributed by atoms with Crippen molar-refractivity contribution in [3.8, 4) is 5.75 Å². The maximum Gasteiger partial charge on any atom is 0.325 e. The minimum atomic E-state index is -0.402. The lowest BCUT2D eigenvalue weighted by Gasteiger charge is -2.08. The third-order valence-corrected chi connectivity index (χ3v) is 4.21. The summed E-state index contributed by atoms with van der Waals surface area (Å²) in [5.74, 6) is 0.0607. The van der Waals surface area contributed by atoms with Crippen LogP contribution in [0.2, 0.25) is 0 Å². The highest BCUT2D eigenvalue weighted by Crippen LogP contribution is 2.27. The van der Waals surface area contributed by atoms with Crippen LogP contribution in [0, 0.1) is 0 Å². The minimum absolute atomic E-state index is 0.0151. The Morgan fingerprint density at radius 3 is 2.74 bits per heavy atom. The molecule has 0 saturated heterocycles. The Labute approximate surface area is 138 Å². The Hall–Kier alpha value is -2.15. The molecule has 23 heavy (non-hydrogen) atoms. The standard InChI is InChI=1S/C16H20N2O4S/c1-4-7-13(19)17-16-18(10-14(20)21-3)15-11(22-5-2)8-6-9-12(15)23-16/h6,8-9H,4-5,7,10H2,1-3H3. The van der Waals surface area contributed by atoms with E-state index in [0.717, 1.165) is 16.6 Å². The first-order chi connectivity index (χ1) is 11.1. The fourth-order valence-corrected chi connectivity index (χ4v) is 3.24. The Kier molecular flexibility index (Phi) is 5.92. The number of ether oxygens (including phenoxy) is 2. The van der Waals surface area contributed by atoms with Gasteiger partial charge in [-0.25, -0.2) is 0 Å². The maximum absolute atomic E-state index is 11.9. The molecule has 124 valence electrons. The molecule has 1 heterocycles. The number of fused-ring (bicyclic) bond motifs is 1. The first kappa shape index (κ1) is 17.2. The van der Waals surface area contributed by atoms with Gasteiger partial charge in [-0.05, 0) is 25.5 Å². The van der Waals surface area contributed by atoms with Gasteiger partial charge in [-0.2, -0.15) is 4.99 Å². The predicted octanol–water partition coefficient (Wildman–Crippen LogP) is 2.50. The summed E-state index contributed by atoms with van der Waals surface area (Å²) in [6.07, 6.45) is 1.11. The van der Waals surface area contributed by atoms with Crippen molar-refractivity contribution in [2.24, 2.45) is 4.99 Å². The summed E-state index contributed by atoms with van der Waals surface area (Å²) in [5, 5.41) is 0. The van der Waals surface area contributed by atoms with E-state index in [2.05, 4.69) is 4.99 Å². The van der Waals surface area contributed by atoms with E-state index >= 15 is 0 Å². The van der Waals surface area contributed by atoms with E-state index in [1.807, 2.05) is 32.0 Å². The molecule has 1 aromatic heterocycles. The molecular weight excluding hydrogens is 316 g/mol. The number of thiazole rings is 1. The lowest BCUT2D eigenvalue weighted by atomic mass is 10.3. The SMILES string of the molecule is CCCC(=O)N=c1sc2cccc(OCC)c2n1CC(=O)OC. The summed E-state index contributed by atoms with van der Waals surface area (Å²) in [5.41, 5.74) is 0.757. The molecular formula is C16H20N2O4S. The summed E-state index contributed by atoms with van der Waals surface area (Å²) in [6, 6.07) is 5.63. The second-order valence-corrected chi connectivity index (χ2v) is 5.85. The Morgan fingerprint density at radius 2 is 2.09 bits per heavy atom. The normalized spacial score (nSPS) is 11.7. The zero-order chi connectivity index (χ0) is 16.8. The number of hydrogen-bond acceptors (Lipinski definition) is 5. The number of amides is 1.